The number of rotatable bonds is 6. The highest BCUT2D eigenvalue weighted by Crippen LogP contribution is 2.06. The predicted molar refractivity (Wildman–Crippen MR) is 62.7 cm³/mol. The molecular weight excluding hydrogens is 220 g/mol. The quantitative estimate of drug-likeness (QED) is 0.688. The third kappa shape index (κ3) is 3.89. The fourth-order valence-electron chi connectivity index (χ4n) is 1.02. The lowest BCUT2D eigenvalue weighted by Gasteiger charge is -2.22. The molecular formula is C8H18N2O2S2. The predicted octanol–water partition coefficient (Wildman–Crippen LogP) is 0.580. The SMILES string of the molecule is CCN(CC(C)C(N)=S)S(=O)(=O)CC. The van der Waals surface area contributed by atoms with Gasteiger partial charge in [-0.05, 0) is 6.92 Å². The molecule has 0 fully saturated rings. The first-order valence-electron chi connectivity index (χ1n) is 4.62. The van der Waals surface area contributed by atoms with Crippen molar-refractivity contribution in [2.45, 2.75) is 20.8 Å². The summed E-state index contributed by atoms with van der Waals surface area (Å²) in [7, 11) is -3.12. The van der Waals surface area contributed by atoms with Crippen molar-refractivity contribution in [1.82, 2.24) is 4.31 Å². The van der Waals surface area contributed by atoms with Crippen LogP contribution in [-0.4, -0.2) is 36.6 Å². The van der Waals surface area contributed by atoms with Crippen molar-refractivity contribution in [2.24, 2.45) is 11.7 Å². The minimum Gasteiger partial charge on any atom is -0.393 e. The van der Waals surface area contributed by atoms with Gasteiger partial charge in [-0.3, -0.25) is 0 Å². The zero-order chi connectivity index (χ0) is 11.4. The number of sulfonamides is 1. The molecule has 0 aromatic carbocycles. The molecule has 0 bridgehead atoms. The Morgan fingerprint density at radius 1 is 1.50 bits per heavy atom. The van der Waals surface area contributed by atoms with Crippen molar-refractivity contribution in [2.75, 3.05) is 18.8 Å². The molecule has 0 rings (SSSR count). The molecule has 0 aromatic rings. The normalized spacial score (nSPS) is 14.3. The number of nitrogens with zero attached hydrogens (tertiary/aromatic N) is 1. The van der Waals surface area contributed by atoms with E-state index in [1.807, 2.05) is 6.92 Å². The van der Waals surface area contributed by atoms with Crippen LogP contribution in [-0.2, 0) is 10.0 Å². The first kappa shape index (κ1) is 13.8. The van der Waals surface area contributed by atoms with Gasteiger partial charge in [0, 0.05) is 19.0 Å². The molecule has 1 unspecified atom stereocenters. The molecule has 0 spiro atoms. The van der Waals surface area contributed by atoms with E-state index in [2.05, 4.69) is 0 Å². The van der Waals surface area contributed by atoms with Crippen LogP contribution in [0.5, 0.6) is 0 Å². The molecule has 6 heteroatoms. The van der Waals surface area contributed by atoms with Gasteiger partial charge in [0.2, 0.25) is 10.0 Å². The molecule has 0 aliphatic carbocycles. The van der Waals surface area contributed by atoms with E-state index in [4.69, 9.17) is 18.0 Å². The van der Waals surface area contributed by atoms with Crippen LogP contribution < -0.4 is 5.73 Å². The smallest absolute Gasteiger partial charge is 0.213 e. The zero-order valence-corrected chi connectivity index (χ0v) is 10.5. The average Bonchev–Trinajstić information content (AvgIpc) is 2.13. The molecule has 0 radical (unpaired) electrons. The lowest BCUT2D eigenvalue weighted by molar-refractivity contribution is 0.406. The largest absolute Gasteiger partial charge is 0.393 e. The van der Waals surface area contributed by atoms with Gasteiger partial charge < -0.3 is 5.73 Å². The second-order valence-corrected chi connectivity index (χ2v) is 5.88. The van der Waals surface area contributed by atoms with E-state index in [9.17, 15) is 8.42 Å². The molecule has 84 valence electrons. The third-order valence-corrected chi connectivity index (χ3v) is 4.40. The molecule has 2 N–H and O–H groups in total. The van der Waals surface area contributed by atoms with Crippen LogP contribution in [0.2, 0.25) is 0 Å². The summed E-state index contributed by atoms with van der Waals surface area (Å²) in [5, 5.41) is 0. The Morgan fingerprint density at radius 2 is 2.00 bits per heavy atom. The van der Waals surface area contributed by atoms with E-state index in [0.717, 1.165) is 0 Å². The van der Waals surface area contributed by atoms with Crippen molar-refractivity contribution in [3.05, 3.63) is 0 Å². The molecule has 0 aliphatic heterocycles. The topological polar surface area (TPSA) is 63.4 Å². The molecule has 0 heterocycles. The standard InChI is InChI=1S/C8H18N2O2S2/c1-4-10(14(11,12)5-2)6-7(3)8(9)13/h7H,4-6H2,1-3H3,(H2,9,13). The molecule has 0 aromatic heterocycles. The highest BCUT2D eigenvalue weighted by Gasteiger charge is 2.21. The minimum atomic E-state index is -3.12. The van der Waals surface area contributed by atoms with Gasteiger partial charge in [0.1, 0.15) is 0 Å². The van der Waals surface area contributed by atoms with Crippen LogP contribution in [0.1, 0.15) is 20.8 Å². The molecule has 0 saturated carbocycles. The van der Waals surface area contributed by atoms with Gasteiger partial charge >= 0.3 is 0 Å². The highest BCUT2D eigenvalue weighted by molar-refractivity contribution is 7.89. The van der Waals surface area contributed by atoms with E-state index in [0.29, 0.717) is 18.1 Å². The molecule has 14 heavy (non-hydrogen) atoms. The maximum atomic E-state index is 11.5. The van der Waals surface area contributed by atoms with E-state index in [-0.39, 0.29) is 11.7 Å². The Morgan fingerprint density at radius 3 is 2.29 bits per heavy atom. The van der Waals surface area contributed by atoms with Crippen molar-refractivity contribution < 1.29 is 8.42 Å². The average molecular weight is 238 g/mol. The molecule has 1 atom stereocenters. The van der Waals surface area contributed by atoms with Crippen LogP contribution in [0.4, 0.5) is 0 Å². The number of nitrogens with two attached hydrogens (primary N) is 1. The van der Waals surface area contributed by atoms with Gasteiger partial charge in [-0.1, -0.05) is 26.1 Å². The first-order chi connectivity index (χ1) is 6.35. The van der Waals surface area contributed by atoms with E-state index in [1.54, 1.807) is 13.8 Å². The fraction of sp³-hybridized carbons (Fsp3) is 0.875. The summed E-state index contributed by atoms with van der Waals surface area (Å²) in [5.41, 5.74) is 5.43. The number of hydrogen-bond acceptors (Lipinski definition) is 3. The lowest BCUT2D eigenvalue weighted by Crippen LogP contribution is -2.38. The van der Waals surface area contributed by atoms with Crippen LogP contribution in [0.15, 0.2) is 0 Å². The minimum absolute atomic E-state index is 0.0775. The summed E-state index contributed by atoms with van der Waals surface area (Å²) in [6.07, 6.45) is 0. The Hall–Kier alpha value is -0.200. The summed E-state index contributed by atoms with van der Waals surface area (Å²) in [6, 6.07) is 0. The van der Waals surface area contributed by atoms with Gasteiger partial charge in [-0.2, -0.15) is 0 Å². The van der Waals surface area contributed by atoms with E-state index < -0.39 is 10.0 Å². The maximum absolute atomic E-state index is 11.5. The summed E-state index contributed by atoms with van der Waals surface area (Å²) < 4.78 is 24.5. The second-order valence-electron chi connectivity index (χ2n) is 3.15. The molecule has 0 amide bonds. The summed E-state index contributed by atoms with van der Waals surface area (Å²) in [5.74, 6) is 0.0384. The molecule has 0 aliphatic rings. The van der Waals surface area contributed by atoms with Crippen molar-refractivity contribution in [1.29, 1.82) is 0 Å². The summed E-state index contributed by atoms with van der Waals surface area (Å²) in [6.45, 7) is 6.10. The Bertz CT molecular complexity index is 288. The van der Waals surface area contributed by atoms with E-state index >= 15 is 0 Å². The first-order valence-corrected chi connectivity index (χ1v) is 6.64. The highest BCUT2D eigenvalue weighted by atomic mass is 32.2. The fourth-order valence-corrected chi connectivity index (χ4v) is 2.30. The van der Waals surface area contributed by atoms with Crippen LogP contribution >= 0.6 is 12.2 Å². The van der Waals surface area contributed by atoms with Crippen molar-refractivity contribution >= 4 is 27.2 Å². The number of thiocarbonyl (C=S) groups is 1. The Balaban J connectivity index is 4.53. The van der Waals surface area contributed by atoms with Gasteiger partial charge in [0.25, 0.3) is 0 Å². The van der Waals surface area contributed by atoms with Crippen LogP contribution in [0, 0.1) is 5.92 Å². The summed E-state index contributed by atoms with van der Waals surface area (Å²) >= 11 is 4.80. The summed E-state index contributed by atoms with van der Waals surface area (Å²) in [4.78, 5) is 0.356. The van der Waals surface area contributed by atoms with Crippen LogP contribution in [0.25, 0.3) is 0 Å². The maximum Gasteiger partial charge on any atom is 0.213 e. The van der Waals surface area contributed by atoms with Crippen molar-refractivity contribution in [3.63, 3.8) is 0 Å². The van der Waals surface area contributed by atoms with Gasteiger partial charge in [0.15, 0.2) is 0 Å². The lowest BCUT2D eigenvalue weighted by atomic mass is 10.2. The zero-order valence-electron chi connectivity index (χ0n) is 8.86. The van der Waals surface area contributed by atoms with Crippen molar-refractivity contribution in [3.8, 4) is 0 Å². The Labute approximate surface area is 91.5 Å². The molecule has 4 nitrogen and oxygen atoms in total. The number of hydrogen-bond donors (Lipinski definition) is 1. The van der Waals surface area contributed by atoms with E-state index in [1.165, 1.54) is 4.31 Å². The molecule has 0 saturated heterocycles. The van der Waals surface area contributed by atoms with Gasteiger partial charge in [-0.15, -0.1) is 0 Å². The van der Waals surface area contributed by atoms with Crippen LogP contribution in [0.3, 0.4) is 0 Å². The van der Waals surface area contributed by atoms with Gasteiger partial charge in [0.05, 0.1) is 10.7 Å². The second kappa shape index (κ2) is 5.63. The third-order valence-electron chi connectivity index (χ3n) is 2.07. The van der Waals surface area contributed by atoms with Gasteiger partial charge in [-0.25, -0.2) is 12.7 Å². The monoisotopic (exact) mass is 238 g/mol. The Kier molecular flexibility index (Phi) is 5.54.